The van der Waals surface area contributed by atoms with Gasteiger partial charge < -0.3 is 4.74 Å². The van der Waals surface area contributed by atoms with Gasteiger partial charge >= 0.3 is 0 Å². The van der Waals surface area contributed by atoms with Gasteiger partial charge in [0.2, 0.25) is 5.91 Å². The molecule has 0 aliphatic heterocycles. The first-order valence-corrected chi connectivity index (χ1v) is 7.14. The van der Waals surface area contributed by atoms with Gasteiger partial charge in [0.15, 0.2) is 18.2 Å². The number of nitro benzene ring substituents is 1. The van der Waals surface area contributed by atoms with E-state index in [0.29, 0.717) is 0 Å². The van der Waals surface area contributed by atoms with E-state index < -0.39 is 29.2 Å². The summed E-state index contributed by atoms with van der Waals surface area (Å²) in [5, 5.41) is 10.9. The summed E-state index contributed by atoms with van der Waals surface area (Å²) < 4.78 is 18.3. The number of nitrogens with zero attached hydrogens (tertiary/aromatic N) is 1. The van der Waals surface area contributed by atoms with Crippen LogP contribution in [-0.4, -0.2) is 23.3 Å². The molecule has 9 heteroatoms. The second-order valence-corrected chi connectivity index (χ2v) is 4.88. The highest BCUT2D eigenvalue weighted by molar-refractivity contribution is 5.84. The van der Waals surface area contributed by atoms with Crippen molar-refractivity contribution >= 4 is 17.5 Å². The van der Waals surface area contributed by atoms with Crippen molar-refractivity contribution in [3.63, 3.8) is 0 Å². The molecule has 25 heavy (non-hydrogen) atoms. The van der Waals surface area contributed by atoms with Gasteiger partial charge in [0.05, 0.1) is 11.3 Å². The summed E-state index contributed by atoms with van der Waals surface area (Å²) in [5.74, 6) is -2.06. The Labute approximate surface area is 141 Å². The molecule has 0 saturated carbocycles. The number of benzene rings is 2. The minimum atomic E-state index is -0.709. The van der Waals surface area contributed by atoms with Crippen LogP contribution in [0.3, 0.4) is 0 Å². The highest BCUT2D eigenvalue weighted by Gasteiger charge is 2.16. The molecule has 130 valence electrons. The second kappa shape index (κ2) is 8.39. The SMILES string of the molecule is O=C(COc1ccccc1F)NNC(=O)Cc1ccccc1[N+](=O)[O-]. The molecule has 0 fully saturated rings. The average Bonchev–Trinajstić information content (AvgIpc) is 2.59. The average molecular weight is 347 g/mol. The number of hydrazine groups is 1. The number of hydrogen-bond acceptors (Lipinski definition) is 5. The molecular formula is C16H14FN3O5. The number of nitrogens with one attached hydrogen (secondary N) is 2. The molecule has 0 atom stereocenters. The molecule has 0 aliphatic rings. The summed E-state index contributed by atoms with van der Waals surface area (Å²) in [6.45, 7) is -0.507. The Balaban J connectivity index is 1.81. The van der Waals surface area contributed by atoms with Gasteiger partial charge in [0.1, 0.15) is 0 Å². The van der Waals surface area contributed by atoms with Gasteiger partial charge in [-0.3, -0.25) is 30.6 Å². The smallest absolute Gasteiger partial charge is 0.276 e. The van der Waals surface area contributed by atoms with Gasteiger partial charge in [-0.1, -0.05) is 30.3 Å². The van der Waals surface area contributed by atoms with Crippen molar-refractivity contribution in [1.29, 1.82) is 0 Å². The number of hydrogen-bond donors (Lipinski definition) is 2. The van der Waals surface area contributed by atoms with E-state index in [-0.39, 0.29) is 23.4 Å². The number of para-hydroxylation sites is 2. The molecule has 2 aromatic carbocycles. The van der Waals surface area contributed by atoms with Crippen molar-refractivity contribution in [3.05, 3.63) is 70.0 Å². The Morgan fingerprint density at radius 3 is 2.40 bits per heavy atom. The molecule has 0 unspecified atom stereocenters. The second-order valence-electron chi connectivity index (χ2n) is 4.88. The van der Waals surface area contributed by atoms with E-state index in [2.05, 4.69) is 10.9 Å². The van der Waals surface area contributed by atoms with Crippen LogP contribution in [0, 0.1) is 15.9 Å². The Morgan fingerprint density at radius 1 is 1.04 bits per heavy atom. The molecule has 0 aromatic heterocycles. The first-order chi connectivity index (χ1) is 12.0. The number of carbonyl (C=O) groups excluding carboxylic acids is 2. The number of nitro groups is 1. The maximum absolute atomic E-state index is 13.3. The minimum absolute atomic E-state index is 0.0936. The predicted molar refractivity (Wildman–Crippen MR) is 85.0 cm³/mol. The predicted octanol–water partition coefficient (Wildman–Crippen LogP) is 1.50. The maximum atomic E-state index is 13.3. The van der Waals surface area contributed by atoms with Crippen LogP contribution in [0.25, 0.3) is 0 Å². The van der Waals surface area contributed by atoms with Crippen molar-refractivity contribution in [2.45, 2.75) is 6.42 Å². The van der Waals surface area contributed by atoms with Crippen molar-refractivity contribution in [2.75, 3.05) is 6.61 Å². The van der Waals surface area contributed by atoms with Crippen molar-refractivity contribution < 1.29 is 23.6 Å². The van der Waals surface area contributed by atoms with Crippen LogP contribution in [0.1, 0.15) is 5.56 Å². The molecule has 2 aromatic rings. The van der Waals surface area contributed by atoms with Crippen LogP contribution in [-0.2, 0) is 16.0 Å². The van der Waals surface area contributed by atoms with Crippen LogP contribution in [0.5, 0.6) is 5.75 Å². The Morgan fingerprint density at radius 2 is 1.68 bits per heavy atom. The third-order valence-corrected chi connectivity index (χ3v) is 3.08. The number of halogens is 1. The van der Waals surface area contributed by atoms with Gasteiger partial charge in [-0.15, -0.1) is 0 Å². The summed E-state index contributed by atoms with van der Waals surface area (Å²) in [6, 6.07) is 11.3. The first kappa shape index (κ1) is 17.9. The van der Waals surface area contributed by atoms with Gasteiger partial charge in [-0.05, 0) is 12.1 Å². The molecular weight excluding hydrogens is 333 g/mol. The molecule has 0 spiro atoms. The first-order valence-electron chi connectivity index (χ1n) is 7.14. The largest absolute Gasteiger partial charge is 0.481 e. The van der Waals surface area contributed by atoms with E-state index in [0.717, 1.165) is 0 Å². The number of ether oxygens (including phenoxy) is 1. The fourth-order valence-corrected chi connectivity index (χ4v) is 1.94. The highest BCUT2D eigenvalue weighted by atomic mass is 19.1. The molecule has 2 rings (SSSR count). The van der Waals surface area contributed by atoms with Crippen LogP contribution in [0.4, 0.5) is 10.1 Å². The van der Waals surface area contributed by atoms with Gasteiger partial charge in [-0.25, -0.2) is 4.39 Å². The van der Waals surface area contributed by atoms with Gasteiger partial charge in [-0.2, -0.15) is 0 Å². The van der Waals surface area contributed by atoms with Crippen LogP contribution in [0.15, 0.2) is 48.5 Å². The molecule has 2 N–H and O–H groups in total. The van der Waals surface area contributed by atoms with Gasteiger partial charge in [0, 0.05) is 11.6 Å². The minimum Gasteiger partial charge on any atom is -0.481 e. The van der Waals surface area contributed by atoms with Crippen LogP contribution in [0.2, 0.25) is 0 Å². The quantitative estimate of drug-likeness (QED) is 0.608. The molecule has 0 aliphatic carbocycles. The molecule has 0 heterocycles. The monoisotopic (exact) mass is 347 g/mol. The highest BCUT2D eigenvalue weighted by Crippen LogP contribution is 2.18. The van der Waals surface area contributed by atoms with Crippen molar-refractivity contribution in [1.82, 2.24) is 10.9 Å². The zero-order valence-electron chi connectivity index (χ0n) is 12.9. The lowest BCUT2D eigenvalue weighted by atomic mass is 10.1. The summed E-state index contributed by atoms with van der Waals surface area (Å²) in [7, 11) is 0. The molecule has 8 nitrogen and oxygen atoms in total. The normalized spacial score (nSPS) is 9.96. The maximum Gasteiger partial charge on any atom is 0.276 e. The standard InChI is InChI=1S/C16H14FN3O5/c17-12-6-2-4-8-14(12)25-10-16(22)19-18-15(21)9-11-5-1-3-7-13(11)20(23)24/h1-8H,9-10H2,(H,18,21)(H,19,22). The zero-order valence-corrected chi connectivity index (χ0v) is 12.9. The molecule has 0 radical (unpaired) electrons. The Kier molecular flexibility index (Phi) is 5.99. The zero-order chi connectivity index (χ0) is 18.2. The van der Waals surface area contributed by atoms with Gasteiger partial charge in [0.25, 0.3) is 11.6 Å². The lowest BCUT2D eigenvalue weighted by Gasteiger charge is -2.09. The van der Waals surface area contributed by atoms with E-state index in [4.69, 9.17) is 4.74 Å². The lowest BCUT2D eigenvalue weighted by Crippen LogP contribution is -2.44. The summed E-state index contributed by atoms with van der Waals surface area (Å²) in [5.41, 5.74) is 4.22. The van der Waals surface area contributed by atoms with Crippen molar-refractivity contribution in [3.8, 4) is 5.75 Å². The fraction of sp³-hybridized carbons (Fsp3) is 0.125. The van der Waals surface area contributed by atoms with E-state index in [1.807, 2.05) is 0 Å². The summed E-state index contributed by atoms with van der Waals surface area (Å²) >= 11 is 0. The molecule has 0 bridgehead atoms. The van der Waals surface area contributed by atoms with Crippen LogP contribution < -0.4 is 15.6 Å². The van der Waals surface area contributed by atoms with E-state index in [1.54, 1.807) is 12.1 Å². The van der Waals surface area contributed by atoms with E-state index in [9.17, 15) is 24.1 Å². The lowest BCUT2D eigenvalue weighted by molar-refractivity contribution is -0.385. The number of carbonyl (C=O) groups is 2. The number of amides is 2. The molecule has 0 saturated heterocycles. The Bertz CT molecular complexity index is 797. The third-order valence-electron chi connectivity index (χ3n) is 3.08. The van der Waals surface area contributed by atoms with E-state index in [1.165, 1.54) is 36.4 Å². The topological polar surface area (TPSA) is 111 Å². The van der Waals surface area contributed by atoms with E-state index >= 15 is 0 Å². The summed E-state index contributed by atoms with van der Waals surface area (Å²) in [4.78, 5) is 33.6. The number of rotatable bonds is 6. The van der Waals surface area contributed by atoms with Crippen molar-refractivity contribution in [2.24, 2.45) is 0 Å². The third kappa shape index (κ3) is 5.27. The Hall–Kier alpha value is -3.49. The summed E-state index contributed by atoms with van der Waals surface area (Å²) in [6.07, 6.45) is -0.286. The van der Waals surface area contributed by atoms with Crippen LogP contribution >= 0.6 is 0 Å². The fourth-order valence-electron chi connectivity index (χ4n) is 1.94. The molecule has 2 amide bonds.